The summed E-state index contributed by atoms with van der Waals surface area (Å²) in [6.07, 6.45) is -5.33. The van der Waals surface area contributed by atoms with Crippen molar-refractivity contribution >= 4 is 64.3 Å². The van der Waals surface area contributed by atoms with Gasteiger partial charge in [0.05, 0.1) is 50.5 Å². The Kier molecular flexibility index (Phi) is 21.8. The van der Waals surface area contributed by atoms with Gasteiger partial charge in [-0.05, 0) is 31.7 Å². The van der Waals surface area contributed by atoms with Crippen LogP contribution in [0.2, 0.25) is 0 Å². The second-order valence-corrected chi connectivity index (χ2v) is 14.0. The first kappa shape index (κ1) is 52.3. The minimum Gasteiger partial charge on any atom is -0.481 e. The molecule has 1 aliphatic heterocycles. The SMILES string of the molecule is C[C@@H](O)[C@@H]1NN[C@@H](CC(N)=O)C(=O)C(=O)C(CO)NC(=O)C(CCC(N)=O)NN[C@@H](Cc2ccccc2)C(=O)C(=O)[C@H](CO)NN[C@@H](CCC(=O)O)C(=O)C(=O)[C@H](CO)NC1=O. The van der Waals surface area contributed by atoms with Gasteiger partial charge >= 0.3 is 5.97 Å². The predicted octanol–water partition coefficient (Wildman–Crippen LogP) is -8.52. The zero-order valence-electron chi connectivity index (χ0n) is 33.3. The van der Waals surface area contributed by atoms with Gasteiger partial charge in [0.2, 0.25) is 58.3 Å². The first-order chi connectivity index (χ1) is 29.2. The van der Waals surface area contributed by atoms with E-state index >= 15 is 0 Å². The van der Waals surface area contributed by atoms with Gasteiger partial charge in [-0.3, -0.25) is 52.7 Å². The van der Waals surface area contributed by atoms with Crippen LogP contribution >= 0.6 is 0 Å². The number of aliphatic carboxylic acids is 1. The van der Waals surface area contributed by atoms with E-state index in [2.05, 4.69) is 37.9 Å². The Bertz CT molecular complexity index is 1820. The third-order valence-electron chi connectivity index (χ3n) is 9.18. The van der Waals surface area contributed by atoms with Crippen molar-refractivity contribution < 1.29 is 78.3 Å². The van der Waals surface area contributed by atoms with Gasteiger partial charge in [0.25, 0.3) is 0 Å². The summed E-state index contributed by atoms with van der Waals surface area (Å²) in [4.78, 5) is 143. The number of ketones is 6. The van der Waals surface area contributed by atoms with Gasteiger partial charge in [-0.15, -0.1) is 0 Å². The summed E-state index contributed by atoms with van der Waals surface area (Å²) in [6.45, 7) is -2.57. The molecule has 1 aliphatic rings. The van der Waals surface area contributed by atoms with Crippen molar-refractivity contribution in [2.75, 3.05) is 19.8 Å². The fraction of sp³-hybridized carbons (Fsp3) is 0.528. The van der Waals surface area contributed by atoms with Crippen molar-refractivity contribution in [2.45, 2.75) is 99.9 Å². The van der Waals surface area contributed by atoms with E-state index < -0.39 is 171 Å². The molecule has 62 heavy (non-hydrogen) atoms. The number of hydrazine groups is 3. The molecule has 4 amide bonds. The molecule has 1 heterocycles. The smallest absolute Gasteiger partial charge is 0.303 e. The summed E-state index contributed by atoms with van der Waals surface area (Å²) in [5.74, 6) is -14.7. The van der Waals surface area contributed by atoms with E-state index in [9.17, 15) is 78.3 Å². The molecule has 2 rings (SSSR count). The van der Waals surface area contributed by atoms with Gasteiger partial charge < -0.3 is 47.6 Å². The van der Waals surface area contributed by atoms with Crippen molar-refractivity contribution in [3.8, 4) is 0 Å². The standard InChI is InChI=1S/C36H52N10O16/c1-16(50)28-36(62)40-23(14-48)32(58)29(55)18(8-10-27(53)54)41-45-24(15-49)34(60)30(56)20(11-17-5-3-2-4-6-17)43-42-19(7-9-25(37)51)35(61)39-22(13-47)33(59)31(57)21(44-46-28)12-26(38)52/h2-6,16,18-24,28,41-50H,7-15H2,1H3,(H2,37,51)(H2,38,52)(H,39,61)(H,40,62)(H,53,54)/t16-,18+,19?,20+,21+,22?,23+,24+,28+/m1/s1. The maximum absolute atomic E-state index is 13.8. The van der Waals surface area contributed by atoms with Crippen LogP contribution in [0.15, 0.2) is 30.3 Å². The van der Waals surface area contributed by atoms with Gasteiger partial charge in [0, 0.05) is 12.8 Å². The van der Waals surface area contributed by atoms with Gasteiger partial charge in [0.15, 0.2) is 0 Å². The number of hydrogen-bond acceptors (Lipinski definition) is 21. The molecule has 2 unspecified atom stereocenters. The Morgan fingerprint density at radius 3 is 1.52 bits per heavy atom. The summed E-state index contributed by atoms with van der Waals surface area (Å²) in [5, 5.41) is 54.0. The second-order valence-electron chi connectivity index (χ2n) is 14.0. The summed E-state index contributed by atoms with van der Waals surface area (Å²) in [7, 11) is 0. The van der Waals surface area contributed by atoms with Crippen LogP contribution in [0.4, 0.5) is 0 Å². The molecule has 0 saturated carbocycles. The lowest BCUT2D eigenvalue weighted by atomic mass is 9.97. The maximum atomic E-state index is 13.8. The number of carboxylic acids is 1. The Labute approximate surface area is 352 Å². The lowest BCUT2D eigenvalue weighted by Gasteiger charge is -2.28. The van der Waals surface area contributed by atoms with E-state index in [-0.39, 0.29) is 6.42 Å². The number of carboxylic acid groups (broad SMARTS) is 1. The van der Waals surface area contributed by atoms with Crippen molar-refractivity contribution in [1.29, 1.82) is 0 Å². The minimum atomic E-state index is -2.07. The molecule has 26 nitrogen and oxygen atoms in total. The first-order valence-corrected chi connectivity index (χ1v) is 19.0. The highest BCUT2D eigenvalue weighted by atomic mass is 16.4. The Morgan fingerprint density at radius 2 is 1.00 bits per heavy atom. The molecule has 0 aromatic heterocycles. The number of carbonyl (C=O) groups is 11. The number of hydrogen-bond donors (Lipinski definition) is 15. The number of aliphatic hydroxyl groups excluding tert-OH is 4. The lowest BCUT2D eigenvalue weighted by Crippen LogP contribution is -2.64. The van der Waals surface area contributed by atoms with Crippen molar-refractivity contribution in [1.82, 2.24) is 43.2 Å². The first-order valence-electron chi connectivity index (χ1n) is 19.0. The number of primary amides is 2. The van der Waals surface area contributed by atoms with Crippen LogP contribution < -0.4 is 54.7 Å². The average Bonchev–Trinajstić information content (AvgIpc) is 3.23. The molecule has 1 fully saturated rings. The molecule has 1 aromatic rings. The van der Waals surface area contributed by atoms with Gasteiger partial charge in [-0.1, -0.05) is 30.3 Å². The van der Waals surface area contributed by atoms with Gasteiger partial charge in [0.1, 0.15) is 30.2 Å². The quantitative estimate of drug-likeness (QED) is 0.0772. The molecule has 26 heteroatoms. The number of aliphatic hydroxyl groups is 4. The summed E-state index contributed by atoms with van der Waals surface area (Å²) < 4.78 is 0. The molecule has 17 N–H and O–H groups in total. The van der Waals surface area contributed by atoms with Crippen LogP contribution in [-0.2, 0) is 59.2 Å². The highest BCUT2D eigenvalue weighted by Gasteiger charge is 2.39. The largest absolute Gasteiger partial charge is 0.481 e. The summed E-state index contributed by atoms with van der Waals surface area (Å²) in [6, 6.07) is -6.90. The number of carbonyl (C=O) groups excluding carboxylic acids is 10. The van der Waals surface area contributed by atoms with Crippen LogP contribution in [0.3, 0.4) is 0 Å². The molecule has 0 spiro atoms. The van der Waals surface area contributed by atoms with E-state index in [1.165, 1.54) is 0 Å². The zero-order chi connectivity index (χ0) is 46.7. The van der Waals surface area contributed by atoms with Crippen LogP contribution in [0.1, 0.15) is 44.6 Å². The summed E-state index contributed by atoms with van der Waals surface area (Å²) >= 11 is 0. The topological polar surface area (TPSA) is 437 Å². The maximum Gasteiger partial charge on any atom is 0.303 e. The normalized spacial score (nSPS) is 26.5. The Hall–Kier alpha value is -5.81. The number of benzene rings is 1. The van der Waals surface area contributed by atoms with E-state index in [4.69, 9.17) is 11.5 Å². The highest BCUT2D eigenvalue weighted by molar-refractivity contribution is 6.42. The number of nitrogens with two attached hydrogens (primary N) is 2. The van der Waals surface area contributed by atoms with Crippen LogP contribution in [-0.4, -0.2) is 164 Å². The zero-order valence-corrected chi connectivity index (χ0v) is 33.3. The van der Waals surface area contributed by atoms with Crippen molar-refractivity contribution in [3.05, 3.63) is 35.9 Å². The molecular formula is C36H52N10O16. The summed E-state index contributed by atoms with van der Waals surface area (Å²) in [5.41, 5.74) is 24.9. The van der Waals surface area contributed by atoms with E-state index in [1.54, 1.807) is 30.3 Å². The predicted molar refractivity (Wildman–Crippen MR) is 208 cm³/mol. The molecule has 1 aromatic carbocycles. The number of nitrogens with one attached hydrogen (secondary N) is 8. The molecule has 0 aliphatic carbocycles. The van der Waals surface area contributed by atoms with E-state index in [0.717, 1.165) is 6.92 Å². The third-order valence-corrected chi connectivity index (χ3v) is 9.18. The number of amides is 4. The Balaban J connectivity index is 2.72. The number of Topliss-reactive ketones (excluding diaryl/α,β-unsaturated/α-hetero) is 6. The minimum absolute atomic E-state index is 0.277. The van der Waals surface area contributed by atoms with Crippen LogP contribution in [0.25, 0.3) is 0 Å². The average molecular weight is 881 g/mol. The highest BCUT2D eigenvalue weighted by Crippen LogP contribution is 2.09. The Morgan fingerprint density at radius 1 is 0.565 bits per heavy atom. The van der Waals surface area contributed by atoms with Crippen molar-refractivity contribution in [3.63, 3.8) is 0 Å². The molecule has 0 radical (unpaired) electrons. The van der Waals surface area contributed by atoms with Crippen molar-refractivity contribution in [2.24, 2.45) is 11.5 Å². The molecule has 0 bridgehead atoms. The lowest BCUT2D eigenvalue weighted by molar-refractivity contribution is -0.143. The fourth-order valence-electron chi connectivity index (χ4n) is 5.71. The van der Waals surface area contributed by atoms with Crippen LogP contribution in [0.5, 0.6) is 0 Å². The second kappa shape index (κ2) is 25.8. The fourth-order valence-corrected chi connectivity index (χ4v) is 5.71. The number of rotatable bonds is 14. The molecule has 1 saturated heterocycles. The molecular weight excluding hydrogens is 828 g/mol. The third kappa shape index (κ3) is 16.2. The van der Waals surface area contributed by atoms with Crippen LogP contribution in [0, 0.1) is 0 Å². The van der Waals surface area contributed by atoms with Gasteiger partial charge in [-0.25, -0.2) is 32.6 Å². The molecule has 342 valence electrons. The molecule has 9 atom stereocenters. The van der Waals surface area contributed by atoms with E-state index in [1.807, 2.05) is 5.32 Å². The monoisotopic (exact) mass is 880 g/mol. The van der Waals surface area contributed by atoms with Gasteiger partial charge in [-0.2, -0.15) is 0 Å². The van der Waals surface area contributed by atoms with E-state index in [0.29, 0.717) is 5.56 Å².